The Balaban J connectivity index is 3.05. The molecule has 0 bridgehead atoms. The van der Waals surface area contributed by atoms with Crippen molar-refractivity contribution >= 4 is 21.4 Å². The van der Waals surface area contributed by atoms with E-state index in [1.54, 1.807) is 7.05 Å². The van der Waals surface area contributed by atoms with Crippen LogP contribution in [0.3, 0.4) is 0 Å². The first kappa shape index (κ1) is 17.6. The zero-order valence-corrected chi connectivity index (χ0v) is 14.7. The molecule has 1 aromatic rings. The van der Waals surface area contributed by atoms with Crippen LogP contribution in [0.4, 0.5) is 0 Å². The fraction of sp³-hybridized carbons (Fsp3) is 0.714. The summed E-state index contributed by atoms with van der Waals surface area (Å²) in [4.78, 5) is 1.40. The van der Waals surface area contributed by atoms with Gasteiger partial charge in [0.2, 0.25) is 10.0 Å². The van der Waals surface area contributed by atoms with Crippen LogP contribution in [0.15, 0.2) is 10.3 Å². The van der Waals surface area contributed by atoms with Crippen LogP contribution in [-0.2, 0) is 16.6 Å². The average molecular weight is 319 g/mol. The minimum atomic E-state index is -3.39. The molecule has 1 rings (SSSR count). The third kappa shape index (κ3) is 4.04. The zero-order valence-electron chi connectivity index (χ0n) is 13.1. The number of hydrogen-bond acceptors (Lipinski definition) is 4. The Bertz CT molecular complexity index is 523. The molecule has 0 amide bonds. The minimum absolute atomic E-state index is 0.367. The number of hydrogen-bond donors (Lipinski definition) is 1. The van der Waals surface area contributed by atoms with Gasteiger partial charge in [-0.1, -0.05) is 27.2 Å². The number of sulfonamides is 1. The van der Waals surface area contributed by atoms with Crippen molar-refractivity contribution in [3.63, 3.8) is 0 Å². The smallest absolute Gasteiger partial charge is 0.244 e. The van der Waals surface area contributed by atoms with Gasteiger partial charge in [-0.2, -0.15) is 0 Å². The topological polar surface area (TPSA) is 49.4 Å². The normalized spacial score (nSPS) is 13.9. The van der Waals surface area contributed by atoms with Crippen molar-refractivity contribution in [2.45, 2.75) is 45.6 Å². The molecule has 0 aliphatic carbocycles. The second-order valence-corrected chi connectivity index (χ2v) is 8.20. The molecule has 0 saturated heterocycles. The molecule has 0 radical (unpaired) electrons. The van der Waals surface area contributed by atoms with Gasteiger partial charge in [0.15, 0.2) is 0 Å². The first-order chi connectivity index (χ1) is 9.34. The number of thiophene rings is 1. The SMILES string of the molecule is CCNCc1scc(C)c1S(=O)(=O)N(C)CC(C)CC. The van der Waals surface area contributed by atoms with Crippen LogP contribution in [0.1, 0.15) is 37.6 Å². The van der Waals surface area contributed by atoms with Gasteiger partial charge in [-0.05, 0) is 30.3 Å². The number of rotatable bonds is 8. The fourth-order valence-corrected chi connectivity index (χ4v) is 5.03. The van der Waals surface area contributed by atoms with E-state index < -0.39 is 10.0 Å². The summed E-state index contributed by atoms with van der Waals surface area (Å²) in [6.07, 6.45) is 0.979. The summed E-state index contributed by atoms with van der Waals surface area (Å²) in [5.74, 6) is 0.367. The largest absolute Gasteiger partial charge is 0.312 e. The lowest BCUT2D eigenvalue weighted by molar-refractivity contribution is 0.393. The Morgan fingerprint density at radius 2 is 2.05 bits per heavy atom. The van der Waals surface area contributed by atoms with Crippen molar-refractivity contribution in [1.82, 2.24) is 9.62 Å². The second kappa shape index (κ2) is 7.54. The van der Waals surface area contributed by atoms with E-state index in [0.29, 0.717) is 23.9 Å². The van der Waals surface area contributed by atoms with Crippen molar-refractivity contribution < 1.29 is 8.42 Å². The van der Waals surface area contributed by atoms with Gasteiger partial charge in [-0.25, -0.2) is 12.7 Å². The summed E-state index contributed by atoms with van der Waals surface area (Å²) in [6.45, 7) is 10.1. The van der Waals surface area contributed by atoms with Crippen molar-refractivity contribution in [1.29, 1.82) is 0 Å². The maximum Gasteiger partial charge on any atom is 0.244 e. The van der Waals surface area contributed by atoms with Crippen LogP contribution >= 0.6 is 11.3 Å². The maximum absolute atomic E-state index is 12.8. The molecular formula is C14H26N2O2S2. The van der Waals surface area contributed by atoms with Crippen LogP contribution in [0.5, 0.6) is 0 Å². The molecule has 6 heteroatoms. The Morgan fingerprint density at radius 3 is 2.60 bits per heavy atom. The van der Waals surface area contributed by atoms with Crippen molar-refractivity contribution in [3.05, 3.63) is 15.8 Å². The molecule has 0 aromatic carbocycles. The molecule has 0 saturated carbocycles. The van der Waals surface area contributed by atoms with Gasteiger partial charge in [0, 0.05) is 25.0 Å². The molecular weight excluding hydrogens is 292 g/mol. The van der Waals surface area contributed by atoms with E-state index in [1.807, 2.05) is 19.2 Å². The Hall–Kier alpha value is -0.430. The summed E-state index contributed by atoms with van der Waals surface area (Å²) >= 11 is 1.52. The van der Waals surface area contributed by atoms with Crippen LogP contribution in [-0.4, -0.2) is 32.9 Å². The lowest BCUT2D eigenvalue weighted by atomic mass is 10.1. The van der Waals surface area contributed by atoms with E-state index in [2.05, 4.69) is 19.2 Å². The molecule has 1 unspecified atom stereocenters. The molecule has 0 aliphatic rings. The predicted octanol–water partition coefficient (Wildman–Crippen LogP) is 2.83. The molecule has 0 spiro atoms. The minimum Gasteiger partial charge on any atom is -0.312 e. The molecule has 1 N–H and O–H groups in total. The number of nitrogens with zero attached hydrogens (tertiary/aromatic N) is 1. The van der Waals surface area contributed by atoms with Gasteiger partial charge in [0.1, 0.15) is 4.90 Å². The average Bonchev–Trinajstić information content (AvgIpc) is 2.77. The Morgan fingerprint density at radius 1 is 1.40 bits per heavy atom. The highest BCUT2D eigenvalue weighted by atomic mass is 32.2. The lowest BCUT2D eigenvalue weighted by Crippen LogP contribution is -2.32. The van der Waals surface area contributed by atoms with Crippen LogP contribution in [0, 0.1) is 12.8 Å². The molecule has 1 heterocycles. The van der Waals surface area contributed by atoms with Crippen molar-refractivity contribution in [2.24, 2.45) is 5.92 Å². The molecule has 1 atom stereocenters. The number of nitrogens with one attached hydrogen (secondary N) is 1. The Kier molecular flexibility index (Phi) is 6.64. The predicted molar refractivity (Wildman–Crippen MR) is 85.7 cm³/mol. The molecule has 4 nitrogen and oxygen atoms in total. The monoisotopic (exact) mass is 318 g/mol. The first-order valence-electron chi connectivity index (χ1n) is 7.08. The van der Waals surface area contributed by atoms with E-state index in [1.165, 1.54) is 15.6 Å². The summed E-state index contributed by atoms with van der Waals surface area (Å²) in [5.41, 5.74) is 0.846. The molecule has 116 valence electrons. The Labute approximate surface area is 127 Å². The summed E-state index contributed by atoms with van der Waals surface area (Å²) < 4.78 is 27.0. The van der Waals surface area contributed by atoms with Gasteiger partial charge in [-0.15, -0.1) is 11.3 Å². The van der Waals surface area contributed by atoms with Gasteiger partial charge in [0.25, 0.3) is 0 Å². The molecule has 1 aromatic heterocycles. The van der Waals surface area contributed by atoms with Gasteiger partial charge in [0.05, 0.1) is 0 Å². The van der Waals surface area contributed by atoms with Crippen LogP contribution < -0.4 is 5.32 Å². The quantitative estimate of drug-likeness (QED) is 0.802. The van der Waals surface area contributed by atoms with Crippen LogP contribution in [0.25, 0.3) is 0 Å². The van der Waals surface area contributed by atoms with Gasteiger partial charge < -0.3 is 5.32 Å². The van der Waals surface area contributed by atoms with E-state index >= 15 is 0 Å². The standard InChI is InChI=1S/C14H26N2O2S2/c1-6-11(3)9-16(5)20(17,18)14-12(4)10-19-13(14)8-15-7-2/h10-11,15H,6-9H2,1-5H3. The van der Waals surface area contributed by atoms with Crippen molar-refractivity contribution in [3.8, 4) is 0 Å². The van der Waals surface area contributed by atoms with Crippen molar-refractivity contribution in [2.75, 3.05) is 20.1 Å². The third-order valence-corrected chi connectivity index (χ3v) is 6.75. The number of aryl methyl sites for hydroxylation is 1. The highest BCUT2D eigenvalue weighted by Crippen LogP contribution is 2.29. The van der Waals surface area contributed by atoms with Gasteiger partial charge in [-0.3, -0.25) is 0 Å². The highest BCUT2D eigenvalue weighted by Gasteiger charge is 2.27. The van der Waals surface area contributed by atoms with E-state index in [4.69, 9.17) is 0 Å². The fourth-order valence-electron chi connectivity index (χ4n) is 2.02. The van der Waals surface area contributed by atoms with E-state index in [0.717, 1.165) is 23.4 Å². The highest BCUT2D eigenvalue weighted by molar-refractivity contribution is 7.89. The zero-order chi connectivity index (χ0) is 15.3. The van der Waals surface area contributed by atoms with E-state index in [-0.39, 0.29) is 0 Å². The summed E-state index contributed by atoms with van der Waals surface area (Å²) in [5, 5.41) is 5.14. The summed E-state index contributed by atoms with van der Waals surface area (Å²) in [7, 11) is -1.71. The second-order valence-electron chi connectivity index (χ2n) is 5.25. The third-order valence-electron chi connectivity index (χ3n) is 3.46. The van der Waals surface area contributed by atoms with Crippen LogP contribution in [0.2, 0.25) is 0 Å². The molecule has 20 heavy (non-hydrogen) atoms. The first-order valence-corrected chi connectivity index (χ1v) is 9.40. The maximum atomic E-state index is 12.8. The molecule has 0 fully saturated rings. The molecule has 0 aliphatic heterocycles. The van der Waals surface area contributed by atoms with E-state index in [9.17, 15) is 8.42 Å². The van der Waals surface area contributed by atoms with Gasteiger partial charge >= 0.3 is 0 Å². The summed E-state index contributed by atoms with van der Waals surface area (Å²) in [6, 6.07) is 0. The lowest BCUT2D eigenvalue weighted by Gasteiger charge is -2.21.